The van der Waals surface area contributed by atoms with Crippen molar-refractivity contribution in [3.05, 3.63) is 65.0 Å². The maximum atomic E-state index is 14.0. The minimum atomic E-state index is -1.24. The molecule has 0 spiro atoms. The van der Waals surface area contributed by atoms with Crippen LogP contribution in [0.3, 0.4) is 0 Å². The highest BCUT2D eigenvalue weighted by Crippen LogP contribution is 2.30. The molecule has 0 saturated heterocycles. The van der Waals surface area contributed by atoms with E-state index in [4.69, 9.17) is 10.5 Å². The van der Waals surface area contributed by atoms with Crippen LogP contribution in [0.15, 0.2) is 36.4 Å². The van der Waals surface area contributed by atoms with Crippen LogP contribution < -0.4 is 10.5 Å². The maximum absolute atomic E-state index is 14.0. The fraction of sp³-hybridized carbons (Fsp3) is 0.143. The van der Waals surface area contributed by atoms with Gasteiger partial charge in [-0.15, -0.1) is 0 Å². The minimum absolute atomic E-state index is 0.0234. The van der Waals surface area contributed by atoms with Crippen molar-refractivity contribution in [2.24, 2.45) is 5.73 Å². The van der Waals surface area contributed by atoms with Crippen LogP contribution in [-0.4, -0.2) is 7.11 Å². The second kappa shape index (κ2) is 5.32. The van der Waals surface area contributed by atoms with Crippen LogP contribution in [0.2, 0.25) is 0 Å². The van der Waals surface area contributed by atoms with Gasteiger partial charge in [0.1, 0.15) is 11.6 Å². The Balaban J connectivity index is 2.53. The quantitative estimate of drug-likeness (QED) is 0.927. The summed E-state index contributed by atoms with van der Waals surface area (Å²) in [5.41, 5.74) is 5.38. The highest BCUT2D eigenvalue weighted by Gasteiger charge is 2.22. The Labute approximate surface area is 108 Å². The second-order valence-corrected chi connectivity index (χ2v) is 3.98. The van der Waals surface area contributed by atoms with Gasteiger partial charge in [0.05, 0.1) is 13.2 Å². The van der Waals surface area contributed by atoms with Crippen molar-refractivity contribution < 1.29 is 17.9 Å². The molecule has 0 aliphatic carbocycles. The highest BCUT2D eigenvalue weighted by molar-refractivity contribution is 5.39. The lowest BCUT2D eigenvalue weighted by atomic mass is 9.98. The van der Waals surface area contributed by atoms with Gasteiger partial charge in [-0.1, -0.05) is 18.2 Å². The summed E-state index contributed by atoms with van der Waals surface area (Å²) in [5, 5.41) is 0. The third-order valence-corrected chi connectivity index (χ3v) is 2.86. The third kappa shape index (κ3) is 2.42. The average molecular weight is 267 g/mol. The van der Waals surface area contributed by atoms with Gasteiger partial charge in [-0.2, -0.15) is 0 Å². The molecule has 2 N–H and O–H groups in total. The van der Waals surface area contributed by atoms with Gasteiger partial charge < -0.3 is 10.5 Å². The fourth-order valence-electron chi connectivity index (χ4n) is 1.89. The van der Waals surface area contributed by atoms with Crippen molar-refractivity contribution in [2.75, 3.05) is 7.11 Å². The molecule has 5 heteroatoms. The first kappa shape index (κ1) is 13.4. The van der Waals surface area contributed by atoms with Crippen LogP contribution in [0.1, 0.15) is 17.2 Å². The summed E-state index contributed by atoms with van der Waals surface area (Å²) in [5.74, 6) is -2.37. The minimum Gasteiger partial charge on any atom is -0.494 e. The predicted molar refractivity (Wildman–Crippen MR) is 65.3 cm³/mol. The van der Waals surface area contributed by atoms with E-state index in [-0.39, 0.29) is 16.9 Å². The van der Waals surface area contributed by atoms with E-state index in [0.717, 1.165) is 12.1 Å². The van der Waals surface area contributed by atoms with E-state index in [1.54, 1.807) is 0 Å². The SMILES string of the molecule is COc1cccc(C(N)c2c(F)cccc2F)c1F. The molecule has 1 atom stereocenters. The van der Waals surface area contributed by atoms with Gasteiger partial charge >= 0.3 is 0 Å². The fourth-order valence-corrected chi connectivity index (χ4v) is 1.89. The summed E-state index contributed by atoms with van der Waals surface area (Å²) in [4.78, 5) is 0. The highest BCUT2D eigenvalue weighted by atomic mass is 19.1. The Bertz CT molecular complexity index is 581. The lowest BCUT2D eigenvalue weighted by Gasteiger charge is -2.16. The summed E-state index contributed by atoms with van der Waals surface area (Å²) in [6.45, 7) is 0. The standard InChI is InChI=1S/C14H12F3NO/c1-19-11-7-2-4-8(13(11)17)14(18)12-9(15)5-3-6-10(12)16/h2-7,14H,18H2,1H3. The first-order chi connectivity index (χ1) is 9.06. The number of halogens is 3. The summed E-state index contributed by atoms with van der Waals surface area (Å²) in [6.07, 6.45) is 0. The molecule has 0 aliphatic rings. The zero-order valence-electron chi connectivity index (χ0n) is 10.2. The van der Waals surface area contributed by atoms with Gasteiger partial charge in [0.2, 0.25) is 0 Å². The Morgan fingerprint density at radius 2 is 1.58 bits per heavy atom. The molecular weight excluding hydrogens is 255 g/mol. The van der Waals surface area contributed by atoms with Crippen LogP contribution in [0.25, 0.3) is 0 Å². The summed E-state index contributed by atoms with van der Waals surface area (Å²) in [6, 6.07) is 6.43. The Morgan fingerprint density at radius 1 is 1.00 bits per heavy atom. The van der Waals surface area contributed by atoms with E-state index in [9.17, 15) is 13.2 Å². The first-order valence-electron chi connectivity index (χ1n) is 5.58. The topological polar surface area (TPSA) is 35.2 Å². The van der Waals surface area contributed by atoms with Crippen molar-refractivity contribution in [3.8, 4) is 5.75 Å². The number of methoxy groups -OCH3 is 1. The zero-order valence-corrected chi connectivity index (χ0v) is 10.2. The maximum Gasteiger partial charge on any atom is 0.170 e. The molecule has 1 unspecified atom stereocenters. The van der Waals surface area contributed by atoms with Crippen molar-refractivity contribution in [1.29, 1.82) is 0 Å². The van der Waals surface area contributed by atoms with Crippen LogP contribution in [0.5, 0.6) is 5.75 Å². The molecule has 100 valence electrons. The van der Waals surface area contributed by atoms with Gasteiger partial charge in [-0.3, -0.25) is 0 Å². The third-order valence-electron chi connectivity index (χ3n) is 2.86. The monoisotopic (exact) mass is 267 g/mol. The second-order valence-electron chi connectivity index (χ2n) is 3.98. The van der Waals surface area contributed by atoms with Gasteiger partial charge in [0.15, 0.2) is 11.6 Å². The van der Waals surface area contributed by atoms with E-state index < -0.39 is 23.5 Å². The molecule has 0 amide bonds. The number of hydrogen-bond acceptors (Lipinski definition) is 2. The molecule has 2 rings (SSSR count). The Morgan fingerprint density at radius 3 is 2.16 bits per heavy atom. The molecule has 2 aromatic rings. The summed E-state index contributed by atoms with van der Waals surface area (Å²) in [7, 11) is 1.30. The molecule has 0 aromatic heterocycles. The lowest BCUT2D eigenvalue weighted by Crippen LogP contribution is -2.17. The van der Waals surface area contributed by atoms with E-state index >= 15 is 0 Å². The van der Waals surface area contributed by atoms with E-state index in [1.807, 2.05) is 0 Å². The van der Waals surface area contributed by atoms with Crippen LogP contribution in [0.4, 0.5) is 13.2 Å². The molecule has 0 heterocycles. The number of benzene rings is 2. The van der Waals surface area contributed by atoms with Crippen molar-refractivity contribution in [2.45, 2.75) is 6.04 Å². The van der Waals surface area contributed by atoms with Crippen molar-refractivity contribution in [1.82, 2.24) is 0 Å². The predicted octanol–water partition coefficient (Wildman–Crippen LogP) is 3.16. The summed E-state index contributed by atoms with van der Waals surface area (Å²) >= 11 is 0. The number of nitrogens with two attached hydrogens (primary N) is 1. The number of rotatable bonds is 3. The molecule has 0 saturated carbocycles. The molecule has 2 aromatic carbocycles. The zero-order chi connectivity index (χ0) is 14.0. The van der Waals surface area contributed by atoms with Crippen LogP contribution in [0, 0.1) is 17.5 Å². The smallest absolute Gasteiger partial charge is 0.170 e. The Hall–Kier alpha value is -2.01. The number of ether oxygens (including phenoxy) is 1. The molecule has 0 fully saturated rings. The van der Waals surface area contributed by atoms with E-state index in [0.29, 0.717) is 0 Å². The van der Waals surface area contributed by atoms with Crippen molar-refractivity contribution >= 4 is 0 Å². The van der Waals surface area contributed by atoms with Gasteiger partial charge in [0, 0.05) is 11.1 Å². The lowest BCUT2D eigenvalue weighted by molar-refractivity contribution is 0.383. The van der Waals surface area contributed by atoms with Crippen LogP contribution in [-0.2, 0) is 0 Å². The van der Waals surface area contributed by atoms with Gasteiger partial charge in [-0.25, -0.2) is 13.2 Å². The Kier molecular flexibility index (Phi) is 3.76. The molecule has 0 radical (unpaired) electrons. The normalized spacial score (nSPS) is 12.3. The molecule has 0 bridgehead atoms. The summed E-state index contributed by atoms with van der Waals surface area (Å²) < 4.78 is 46.1. The largest absolute Gasteiger partial charge is 0.494 e. The van der Waals surface area contributed by atoms with Crippen molar-refractivity contribution in [3.63, 3.8) is 0 Å². The first-order valence-corrected chi connectivity index (χ1v) is 5.58. The average Bonchev–Trinajstić information content (AvgIpc) is 2.38. The van der Waals surface area contributed by atoms with Gasteiger partial charge in [0.25, 0.3) is 0 Å². The molecular formula is C14H12F3NO. The van der Waals surface area contributed by atoms with Gasteiger partial charge in [-0.05, 0) is 18.2 Å². The number of hydrogen-bond donors (Lipinski definition) is 1. The van der Waals surface area contributed by atoms with E-state index in [2.05, 4.69) is 0 Å². The molecule has 0 aliphatic heterocycles. The van der Waals surface area contributed by atoms with E-state index in [1.165, 1.54) is 31.4 Å². The van der Waals surface area contributed by atoms with Crippen LogP contribution >= 0.6 is 0 Å². The molecule has 19 heavy (non-hydrogen) atoms. The molecule has 2 nitrogen and oxygen atoms in total.